The number of carbonyl (C=O) groups is 1. The lowest BCUT2D eigenvalue weighted by Crippen LogP contribution is -2.47. The van der Waals surface area contributed by atoms with Gasteiger partial charge in [0.1, 0.15) is 6.04 Å². The third-order valence-corrected chi connectivity index (χ3v) is 7.08. The zero-order valence-corrected chi connectivity index (χ0v) is 19.9. The number of sulfonamides is 1. The summed E-state index contributed by atoms with van der Waals surface area (Å²) in [4.78, 5) is 25.3. The lowest BCUT2D eigenvalue weighted by atomic mass is 10.1. The molecule has 0 spiro atoms. The third kappa shape index (κ3) is 4.83. The molecule has 0 unspecified atom stereocenters. The van der Waals surface area contributed by atoms with Crippen LogP contribution in [0.1, 0.15) is 38.8 Å². The van der Waals surface area contributed by atoms with Crippen LogP contribution < -0.4 is 14.5 Å². The van der Waals surface area contributed by atoms with E-state index in [4.69, 9.17) is 0 Å². The number of fused-ring (bicyclic) bond motifs is 1. The average molecular weight is 462 g/mol. The molecule has 7 nitrogen and oxygen atoms in total. The minimum Gasteiger partial charge on any atom is -0.324 e. The van der Waals surface area contributed by atoms with Gasteiger partial charge in [0.15, 0.2) is 0 Å². The summed E-state index contributed by atoms with van der Waals surface area (Å²) < 4.78 is 28.8. The van der Waals surface area contributed by atoms with E-state index in [0.717, 1.165) is 33.4 Å². The molecular formula is C22H27N3O4S2. The van der Waals surface area contributed by atoms with Gasteiger partial charge in [-0.1, -0.05) is 30.4 Å². The first-order chi connectivity index (χ1) is 14.5. The fraction of sp³-hybridized carbons (Fsp3) is 0.364. The average Bonchev–Trinajstić information content (AvgIpc) is 2.99. The Balaban J connectivity index is 1.95. The highest BCUT2D eigenvalue weighted by atomic mass is 32.2. The molecule has 0 fully saturated rings. The van der Waals surface area contributed by atoms with Crippen molar-refractivity contribution < 1.29 is 13.2 Å². The summed E-state index contributed by atoms with van der Waals surface area (Å²) in [7, 11) is -3.70. The van der Waals surface area contributed by atoms with Crippen LogP contribution in [-0.4, -0.2) is 31.2 Å². The van der Waals surface area contributed by atoms with Crippen LogP contribution in [0.2, 0.25) is 0 Å². The van der Waals surface area contributed by atoms with Crippen LogP contribution in [0.4, 0.5) is 11.4 Å². The number of amides is 1. The maximum Gasteiger partial charge on any atom is 0.308 e. The fourth-order valence-electron chi connectivity index (χ4n) is 3.65. The Kier molecular flexibility index (Phi) is 6.56. The smallest absolute Gasteiger partial charge is 0.308 e. The van der Waals surface area contributed by atoms with Gasteiger partial charge in [-0.2, -0.15) is 0 Å². The van der Waals surface area contributed by atoms with Crippen molar-refractivity contribution in [2.24, 2.45) is 0 Å². The second kappa shape index (κ2) is 8.84. The van der Waals surface area contributed by atoms with Gasteiger partial charge in [-0.3, -0.25) is 18.5 Å². The number of rotatable bonds is 7. The SMILES string of the molecule is CC[C@@H](C(=O)Nc1ccc2c(c1)sc(=O)n2C(C)C)N(c1cccc(C)c1)S(C)(=O)=O. The van der Waals surface area contributed by atoms with Crippen molar-refractivity contribution in [3.63, 3.8) is 0 Å². The largest absolute Gasteiger partial charge is 0.324 e. The van der Waals surface area contributed by atoms with Crippen LogP contribution in [0.5, 0.6) is 0 Å². The molecule has 0 aliphatic carbocycles. The number of benzene rings is 2. The van der Waals surface area contributed by atoms with Crippen LogP contribution in [0.15, 0.2) is 47.3 Å². The van der Waals surface area contributed by atoms with Crippen LogP contribution in [0.25, 0.3) is 10.2 Å². The summed E-state index contributed by atoms with van der Waals surface area (Å²) in [5.74, 6) is -0.426. The van der Waals surface area contributed by atoms with Crippen molar-refractivity contribution >= 4 is 48.9 Å². The van der Waals surface area contributed by atoms with Gasteiger partial charge in [0, 0.05) is 11.7 Å². The highest BCUT2D eigenvalue weighted by Gasteiger charge is 2.31. The molecule has 3 aromatic rings. The maximum absolute atomic E-state index is 13.1. The van der Waals surface area contributed by atoms with Crippen LogP contribution in [0.3, 0.4) is 0 Å². The number of hydrogen-bond donors (Lipinski definition) is 1. The molecule has 0 aliphatic rings. The predicted molar refractivity (Wildman–Crippen MR) is 128 cm³/mol. The Hall–Kier alpha value is -2.65. The predicted octanol–water partition coefficient (Wildman–Crippen LogP) is 4.14. The standard InChI is InChI=1S/C22H27N3O4S2/c1-6-18(25(31(5,28)29)17-9-7-8-15(4)12-17)21(26)23-16-10-11-19-20(13-16)30-22(27)24(19)14(2)3/h7-14,18H,6H2,1-5H3,(H,23,26)/t18-/m0/s1. The number of aryl methyl sites for hydroxylation is 1. The Morgan fingerprint density at radius 3 is 2.48 bits per heavy atom. The molecule has 31 heavy (non-hydrogen) atoms. The van der Waals surface area contributed by atoms with E-state index < -0.39 is 22.0 Å². The van der Waals surface area contributed by atoms with E-state index in [2.05, 4.69) is 5.32 Å². The minimum atomic E-state index is -3.70. The van der Waals surface area contributed by atoms with E-state index in [0.29, 0.717) is 17.8 Å². The zero-order chi connectivity index (χ0) is 22.9. The normalized spacial score (nSPS) is 12.8. The molecule has 3 rings (SSSR count). The van der Waals surface area contributed by atoms with Gasteiger partial charge in [-0.15, -0.1) is 0 Å². The van der Waals surface area contributed by atoms with Crippen molar-refractivity contribution in [2.75, 3.05) is 15.9 Å². The molecule has 1 N–H and O–H groups in total. The molecule has 9 heteroatoms. The number of carbonyl (C=O) groups excluding carboxylic acids is 1. The zero-order valence-electron chi connectivity index (χ0n) is 18.2. The number of nitrogens with one attached hydrogen (secondary N) is 1. The van der Waals surface area contributed by atoms with Gasteiger partial charge in [0.2, 0.25) is 15.9 Å². The second-order valence-corrected chi connectivity index (χ2v) is 10.7. The first-order valence-corrected chi connectivity index (χ1v) is 12.7. The molecule has 0 bridgehead atoms. The topological polar surface area (TPSA) is 88.5 Å². The van der Waals surface area contributed by atoms with Crippen molar-refractivity contribution in [3.05, 3.63) is 57.7 Å². The fourth-order valence-corrected chi connectivity index (χ4v) is 5.91. The van der Waals surface area contributed by atoms with Gasteiger partial charge < -0.3 is 5.32 Å². The molecule has 166 valence electrons. The molecule has 2 aromatic carbocycles. The monoisotopic (exact) mass is 461 g/mol. The van der Waals surface area contributed by atoms with Crippen LogP contribution in [-0.2, 0) is 14.8 Å². The third-order valence-electron chi connectivity index (χ3n) is 4.98. The Labute approximate surface area is 186 Å². The van der Waals surface area contributed by atoms with E-state index in [1.54, 1.807) is 47.9 Å². The minimum absolute atomic E-state index is 0.0313. The summed E-state index contributed by atoms with van der Waals surface area (Å²) in [6.07, 6.45) is 1.40. The lowest BCUT2D eigenvalue weighted by molar-refractivity contribution is -0.117. The molecule has 1 aromatic heterocycles. The maximum atomic E-state index is 13.1. The Morgan fingerprint density at radius 1 is 1.19 bits per heavy atom. The first-order valence-electron chi connectivity index (χ1n) is 10.0. The molecule has 1 heterocycles. The van der Waals surface area contributed by atoms with Gasteiger partial charge >= 0.3 is 4.87 Å². The summed E-state index contributed by atoms with van der Waals surface area (Å²) in [5.41, 5.74) is 2.68. The van der Waals surface area contributed by atoms with E-state index in [1.807, 2.05) is 26.8 Å². The van der Waals surface area contributed by atoms with Gasteiger partial charge in [-0.25, -0.2) is 8.42 Å². The van der Waals surface area contributed by atoms with Crippen molar-refractivity contribution in [1.82, 2.24) is 4.57 Å². The van der Waals surface area contributed by atoms with E-state index in [9.17, 15) is 18.0 Å². The van der Waals surface area contributed by atoms with E-state index in [-0.39, 0.29) is 10.9 Å². The molecule has 0 aliphatic heterocycles. The Bertz CT molecular complexity index is 1280. The second-order valence-electron chi connectivity index (χ2n) is 7.83. The number of hydrogen-bond acceptors (Lipinski definition) is 5. The highest BCUT2D eigenvalue weighted by Crippen LogP contribution is 2.27. The molecular weight excluding hydrogens is 434 g/mol. The summed E-state index contributed by atoms with van der Waals surface area (Å²) in [5, 5.41) is 2.83. The number of nitrogens with zero attached hydrogens (tertiary/aromatic N) is 2. The van der Waals surface area contributed by atoms with Crippen LogP contribution in [0, 0.1) is 6.92 Å². The van der Waals surface area contributed by atoms with Gasteiger partial charge in [0.05, 0.1) is 22.2 Å². The summed E-state index contributed by atoms with van der Waals surface area (Å²) in [6, 6.07) is 11.5. The molecule has 0 saturated carbocycles. The van der Waals surface area contributed by atoms with Crippen molar-refractivity contribution in [2.45, 2.75) is 46.2 Å². The molecule has 1 atom stereocenters. The molecule has 1 amide bonds. The van der Waals surface area contributed by atoms with Crippen molar-refractivity contribution in [3.8, 4) is 0 Å². The highest BCUT2D eigenvalue weighted by molar-refractivity contribution is 7.92. The quantitative estimate of drug-likeness (QED) is 0.573. The summed E-state index contributed by atoms with van der Waals surface area (Å²) >= 11 is 1.12. The summed E-state index contributed by atoms with van der Waals surface area (Å²) in [6.45, 7) is 7.53. The Morgan fingerprint density at radius 2 is 1.90 bits per heavy atom. The van der Waals surface area contributed by atoms with Gasteiger partial charge in [-0.05, 0) is 63.1 Å². The lowest BCUT2D eigenvalue weighted by Gasteiger charge is -2.30. The van der Waals surface area contributed by atoms with E-state index in [1.165, 1.54) is 4.31 Å². The molecule has 0 saturated heterocycles. The number of aromatic nitrogens is 1. The van der Waals surface area contributed by atoms with E-state index >= 15 is 0 Å². The first kappa shape index (κ1) is 23.0. The molecule has 0 radical (unpaired) electrons. The van der Waals surface area contributed by atoms with Crippen molar-refractivity contribution in [1.29, 1.82) is 0 Å². The van der Waals surface area contributed by atoms with Gasteiger partial charge in [0.25, 0.3) is 0 Å². The number of thiazole rings is 1. The van der Waals surface area contributed by atoms with Crippen LogP contribution >= 0.6 is 11.3 Å². The number of anilines is 2.